The van der Waals surface area contributed by atoms with Crippen molar-refractivity contribution in [2.45, 2.75) is 77.2 Å². The number of aliphatic imine (C=N–C) groups is 2. The van der Waals surface area contributed by atoms with Crippen LogP contribution in [0.3, 0.4) is 0 Å². The summed E-state index contributed by atoms with van der Waals surface area (Å²) in [5.41, 5.74) is 26.2. The molecule has 0 saturated carbocycles. The van der Waals surface area contributed by atoms with E-state index in [2.05, 4.69) is 15.0 Å². The minimum atomic E-state index is 0.556. The van der Waals surface area contributed by atoms with E-state index >= 15 is 0 Å². The number of hydrogen-bond donors (Lipinski definition) is 5. The van der Waals surface area contributed by atoms with E-state index in [1.165, 1.54) is 25.0 Å². The summed E-state index contributed by atoms with van der Waals surface area (Å²) in [7, 11) is 0. The Kier molecular flexibility index (Phi) is 41.6. The highest BCUT2D eigenvalue weighted by molar-refractivity contribution is 5.32. The molecule has 35 heavy (non-hydrogen) atoms. The van der Waals surface area contributed by atoms with Crippen LogP contribution < -0.4 is 28.7 Å². The second-order valence-corrected chi connectivity index (χ2v) is 7.58. The number of aryl methyl sites for hydroxylation is 1. The van der Waals surface area contributed by atoms with Crippen LogP contribution in [0.15, 0.2) is 28.7 Å². The van der Waals surface area contributed by atoms with Crippen molar-refractivity contribution >= 4 is 12.2 Å². The van der Waals surface area contributed by atoms with E-state index < -0.39 is 0 Å². The highest BCUT2D eigenvalue weighted by Crippen LogP contribution is 1.99. The van der Waals surface area contributed by atoms with Gasteiger partial charge in [-0.2, -0.15) is 0 Å². The maximum absolute atomic E-state index is 9.63. The quantitative estimate of drug-likeness (QED) is 0.114. The van der Waals surface area contributed by atoms with Gasteiger partial charge >= 0.3 is 0 Å². The van der Waals surface area contributed by atoms with Crippen molar-refractivity contribution in [1.29, 1.82) is 0 Å². The summed E-state index contributed by atoms with van der Waals surface area (Å²) in [6.45, 7) is 6.04. The monoisotopic (exact) mass is 497 g/mol. The molecule has 0 aromatic carbocycles. The molecule has 0 aliphatic rings. The molecule has 204 valence electrons. The Morgan fingerprint density at radius 2 is 1.00 bits per heavy atom. The number of isocyanates is 2. The molecule has 0 unspecified atom stereocenters. The van der Waals surface area contributed by atoms with Crippen LogP contribution in [0.25, 0.3) is 0 Å². The van der Waals surface area contributed by atoms with Crippen LogP contribution in [0.5, 0.6) is 0 Å². The molecule has 1 aromatic rings. The van der Waals surface area contributed by atoms with Crippen LogP contribution in [0.2, 0.25) is 0 Å². The van der Waals surface area contributed by atoms with Gasteiger partial charge in [-0.3, -0.25) is 0 Å². The van der Waals surface area contributed by atoms with Gasteiger partial charge in [-0.25, -0.2) is 24.6 Å². The van der Waals surface area contributed by atoms with E-state index in [9.17, 15) is 9.59 Å². The van der Waals surface area contributed by atoms with E-state index in [0.717, 1.165) is 97.1 Å². The molecule has 10 N–H and O–H groups in total. The van der Waals surface area contributed by atoms with Crippen LogP contribution in [0, 0.1) is 0 Å². The standard InChI is InChI=1S/C8H12N2O2.C6H11N3.C6H16N2.C4H12N2/c11-7-9-5-3-1-2-4-6-10-8-12;7-2-1-4-9-5-3-8-6-9;7-5-3-1-2-4-6-8;5-3-1-2-4-6/h1-6H2;3,5-6H,1-2,4,7H2;1-8H2;1-6H2. The smallest absolute Gasteiger partial charge is 0.234 e. The first-order chi connectivity index (χ1) is 17.2. The predicted molar refractivity (Wildman–Crippen MR) is 144 cm³/mol. The minimum absolute atomic E-state index is 0.556. The Labute approximate surface area is 212 Å². The number of nitrogens with two attached hydrogens (primary N) is 5. The Balaban J connectivity index is -0.000000402. The summed E-state index contributed by atoms with van der Waals surface area (Å²) < 4.78 is 2.02. The fourth-order valence-electron chi connectivity index (χ4n) is 2.45. The summed E-state index contributed by atoms with van der Waals surface area (Å²) in [6.07, 6.45) is 20.3. The summed E-state index contributed by atoms with van der Waals surface area (Å²) in [6, 6.07) is 0. The molecule has 11 nitrogen and oxygen atoms in total. The number of hydrogen-bond acceptors (Lipinski definition) is 10. The van der Waals surface area contributed by atoms with E-state index in [4.69, 9.17) is 28.7 Å². The van der Waals surface area contributed by atoms with Crippen LogP contribution in [-0.4, -0.2) is 67.5 Å². The van der Waals surface area contributed by atoms with Gasteiger partial charge in [0.2, 0.25) is 12.2 Å². The Bertz CT molecular complexity index is 542. The van der Waals surface area contributed by atoms with Crippen LogP contribution in [-0.2, 0) is 16.1 Å². The number of nitrogens with zero attached hydrogens (tertiary/aromatic N) is 4. The third kappa shape index (κ3) is 42.4. The molecule has 0 saturated heterocycles. The normalized spacial score (nSPS) is 9.17. The number of imidazole rings is 1. The molecule has 0 spiro atoms. The van der Waals surface area contributed by atoms with Gasteiger partial charge in [0, 0.05) is 18.9 Å². The average Bonchev–Trinajstić information content (AvgIpc) is 3.41. The van der Waals surface area contributed by atoms with Gasteiger partial charge in [-0.05, 0) is 77.7 Å². The molecular weight excluding hydrogens is 446 g/mol. The molecule has 0 bridgehead atoms. The lowest BCUT2D eigenvalue weighted by Gasteiger charge is -1.96. The van der Waals surface area contributed by atoms with Crippen molar-refractivity contribution in [1.82, 2.24) is 9.55 Å². The van der Waals surface area contributed by atoms with E-state index in [0.29, 0.717) is 13.1 Å². The molecule has 1 aromatic heterocycles. The first kappa shape index (κ1) is 37.3. The number of unbranched alkanes of at least 4 members (excludes halogenated alkanes) is 7. The summed E-state index contributed by atoms with van der Waals surface area (Å²) in [4.78, 5) is 30.0. The fraction of sp³-hybridized carbons (Fsp3) is 0.792. The Morgan fingerprint density at radius 1 is 0.600 bits per heavy atom. The molecule has 0 fully saturated rings. The summed E-state index contributed by atoms with van der Waals surface area (Å²) in [5.74, 6) is 0. The van der Waals surface area contributed by atoms with Crippen molar-refractivity contribution in [3.63, 3.8) is 0 Å². The van der Waals surface area contributed by atoms with Crippen LogP contribution in [0.1, 0.15) is 70.6 Å². The first-order valence-electron chi connectivity index (χ1n) is 12.7. The van der Waals surface area contributed by atoms with Crippen LogP contribution >= 0.6 is 0 Å². The van der Waals surface area contributed by atoms with E-state index in [1.807, 2.05) is 10.8 Å². The molecule has 11 heteroatoms. The molecule has 0 radical (unpaired) electrons. The first-order valence-corrected chi connectivity index (χ1v) is 12.7. The summed E-state index contributed by atoms with van der Waals surface area (Å²) >= 11 is 0. The number of rotatable bonds is 18. The lowest BCUT2D eigenvalue weighted by molar-refractivity contribution is 0.558. The maximum atomic E-state index is 9.63. The Morgan fingerprint density at radius 3 is 1.34 bits per heavy atom. The van der Waals surface area contributed by atoms with E-state index in [-0.39, 0.29) is 0 Å². The van der Waals surface area contributed by atoms with Gasteiger partial charge in [0.25, 0.3) is 0 Å². The van der Waals surface area contributed by atoms with Gasteiger partial charge in [0.15, 0.2) is 0 Å². The van der Waals surface area contributed by atoms with Crippen molar-refractivity contribution in [3.8, 4) is 0 Å². The van der Waals surface area contributed by atoms with Gasteiger partial charge < -0.3 is 33.2 Å². The highest BCUT2D eigenvalue weighted by atomic mass is 16.1. The van der Waals surface area contributed by atoms with Crippen LogP contribution in [0.4, 0.5) is 0 Å². The number of carbonyl (C=O) groups excluding carboxylic acids is 2. The maximum Gasteiger partial charge on any atom is 0.234 e. The largest absolute Gasteiger partial charge is 0.337 e. The fourth-order valence-corrected chi connectivity index (χ4v) is 2.45. The van der Waals surface area contributed by atoms with Gasteiger partial charge in [0.05, 0.1) is 19.4 Å². The van der Waals surface area contributed by atoms with Crippen molar-refractivity contribution in [3.05, 3.63) is 18.7 Å². The predicted octanol–water partition coefficient (Wildman–Crippen LogP) is 1.60. The van der Waals surface area contributed by atoms with Crippen molar-refractivity contribution in [2.75, 3.05) is 45.8 Å². The van der Waals surface area contributed by atoms with Crippen molar-refractivity contribution in [2.24, 2.45) is 38.7 Å². The molecule has 0 amide bonds. The zero-order valence-electron chi connectivity index (χ0n) is 21.7. The summed E-state index contributed by atoms with van der Waals surface area (Å²) in [5, 5.41) is 0. The second kappa shape index (κ2) is 39.0. The van der Waals surface area contributed by atoms with E-state index in [1.54, 1.807) is 12.5 Å². The molecular formula is C24H51N9O2. The lowest BCUT2D eigenvalue weighted by Crippen LogP contribution is -2.03. The third-order valence-corrected chi connectivity index (χ3v) is 4.42. The van der Waals surface area contributed by atoms with Gasteiger partial charge in [-0.1, -0.05) is 25.7 Å². The average molecular weight is 498 g/mol. The third-order valence-electron chi connectivity index (χ3n) is 4.42. The molecule has 0 aliphatic heterocycles. The lowest BCUT2D eigenvalue weighted by atomic mass is 10.2. The molecule has 0 atom stereocenters. The topological polar surface area (TPSA) is 207 Å². The zero-order valence-corrected chi connectivity index (χ0v) is 21.7. The van der Waals surface area contributed by atoms with Crippen molar-refractivity contribution < 1.29 is 9.59 Å². The molecule has 0 aliphatic carbocycles. The number of aromatic nitrogens is 2. The molecule has 1 heterocycles. The van der Waals surface area contributed by atoms with Gasteiger partial charge in [0.1, 0.15) is 0 Å². The van der Waals surface area contributed by atoms with Gasteiger partial charge in [-0.15, -0.1) is 0 Å². The second-order valence-electron chi connectivity index (χ2n) is 7.58. The SMILES string of the molecule is NCCCCCCN.NCCCCN.NCCCn1ccnc1.O=C=NCCCCCCN=C=O. The molecule has 1 rings (SSSR count). The highest BCUT2D eigenvalue weighted by Gasteiger charge is 1.88. The minimum Gasteiger partial charge on any atom is -0.337 e. The Hall–Kier alpha value is -2.23. The zero-order chi connectivity index (χ0) is 26.7.